The van der Waals surface area contributed by atoms with E-state index in [0.29, 0.717) is 19.2 Å². The predicted molar refractivity (Wildman–Crippen MR) is 73.1 cm³/mol. The summed E-state index contributed by atoms with van der Waals surface area (Å²) < 4.78 is 64.5. The van der Waals surface area contributed by atoms with E-state index >= 15 is 0 Å². The molecule has 0 aliphatic carbocycles. The summed E-state index contributed by atoms with van der Waals surface area (Å²) in [5.41, 5.74) is -0.943. The zero-order chi connectivity index (χ0) is 15.8. The van der Waals surface area contributed by atoms with Gasteiger partial charge in [0, 0.05) is 13.1 Å². The van der Waals surface area contributed by atoms with Crippen LogP contribution in [0.4, 0.5) is 13.2 Å². The summed E-state index contributed by atoms with van der Waals surface area (Å²) in [7, 11) is -3.88. The first-order valence-electron chi connectivity index (χ1n) is 6.78. The Morgan fingerprint density at radius 3 is 2.24 bits per heavy atom. The second-order valence-corrected chi connectivity index (χ2v) is 7.73. The number of rotatable bonds is 2. The molecular weight excluding hydrogens is 303 g/mol. The Bertz CT molecular complexity index is 603. The monoisotopic (exact) mass is 321 g/mol. The number of sulfonamides is 1. The molecule has 7 heteroatoms. The van der Waals surface area contributed by atoms with Crippen LogP contribution < -0.4 is 0 Å². The minimum absolute atomic E-state index is 0.203. The van der Waals surface area contributed by atoms with Gasteiger partial charge in [0.15, 0.2) is 0 Å². The van der Waals surface area contributed by atoms with Crippen LogP contribution >= 0.6 is 0 Å². The second-order valence-electron chi connectivity index (χ2n) is 5.79. The van der Waals surface area contributed by atoms with Crippen molar-refractivity contribution < 1.29 is 21.6 Å². The molecule has 1 saturated heterocycles. The summed E-state index contributed by atoms with van der Waals surface area (Å²) in [6, 6.07) is 3.93. The highest BCUT2D eigenvalue weighted by Gasteiger charge is 2.35. The highest BCUT2D eigenvalue weighted by Crippen LogP contribution is 2.32. The van der Waals surface area contributed by atoms with E-state index in [1.165, 1.54) is 10.4 Å². The quantitative estimate of drug-likeness (QED) is 0.837. The van der Waals surface area contributed by atoms with E-state index in [-0.39, 0.29) is 16.7 Å². The van der Waals surface area contributed by atoms with E-state index in [9.17, 15) is 21.6 Å². The van der Waals surface area contributed by atoms with Crippen molar-refractivity contribution in [2.45, 2.75) is 31.3 Å². The van der Waals surface area contributed by atoms with E-state index in [4.69, 9.17) is 0 Å². The molecule has 0 spiro atoms. The van der Waals surface area contributed by atoms with Gasteiger partial charge in [-0.3, -0.25) is 0 Å². The predicted octanol–water partition coefficient (Wildman–Crippen LogP) is 3.37. The molecule has 0 amide bonds. The zero-order valence-corrected chi connectivity index (χ0v) is 12.7. The summed E-state index contributed by atoms with van der Waals surface area (Å²) in [5, 5.41) is 0. The largest absolute Gasteiger partial charge is 0.416 e. The van der Waals surface area contributed by atoms with E-state index < -0.39 is 21.8 Å². The molecule has 21 heavy (non-hydrogen) atoms. The lowest BCUT2D eigenvalue weighted by molar-refractivity contribution is -0.137. The van der Waals surface area contributed by atoms with E-state index in [1.54, 1.807) is 0 Å². The lowest BCUT2D eigenvalue weighted by atomic mass is 9.94. The Hall–Kier alpha value is -1.08. The van der Waals surface area contributed by atoms with Gasteiger partial charge in [-0.05, 0) is 36.5 Å². The van der Waals surface area contributed by atoms with Gasteiger partial charge < -0.3 is 0 Å². The van der Waals surface area contributed by atoms with E-state index in [2.05, 4.69) is 0 Å². The standard InChI is InChI=1S/C14H18F3NO2S/c1-10-6-11(2)9-18(8-10)21(19,20)13-5-3-4-12(7-13)14(15,16)17/h3-5,7,10-11H,6,8-9H2,1-2H3/t10-,11-/m1/s1. The van der Waals surface area contributed by atoms with Crippen LogP contribution in [-0.2, 0) is 16.2 Å². The highest BCUT2D eigenvalue weighted by atomic mass is 32.2. The van der Waals surface area contributed by atoms with Crippen LogP contribution in [0.15, 0.2) is 29.2 Å². The van der Waals surface area contributed by atoms with Crippen molar-refractivity contribution in [3.63, 3.8) is 0 Å². The van der Waals surface area contributed by atoms with Crippen molar-refractivity contribution in [3.8, 4) is 0 Å². The van der Waals surface area contributed by atoms with Gasteiger partial charge in [-0.25, -0.2) is 8.42 Å². The van der Waals surface area contributed by atoms with Gasteiger partial charge in [-0.15, -0.1) is 0 Å². The van der Waals surface area contributed by atoms with Gasteiger partial charge in [0.05, 0.1) is 10.5 Å². The second kappa shape index (κ2) is 5.61. The summed E-state index contributed by atoms with van der Waals surface area (Å²) in [6.45, 7) is 4.60. The maximum absolute atomic E-state index is 12.7. The average Bonchev–Trinajstić information content (AvgIpc) is 2.36. The van der Waals surface area contributed by atoms with Crippen LogP contribution in [0.1, 0.15) is 25.8 Å². The lowest BCUT2D eigenvalue weighted by Gasteiger charge is -2.34. The fraction of sp³-hybridized carbons (Fsp3) is 0.571. The zero-order valence-electron chi connectivity index (χ0n) is 11.9. The van der Waals surface area contributed by atoms with Gasteiger partial charge in [0.2, 0.25) is 10.0 Å². The maximum atomic E-state index is 12.7. The van der Waals surface area contributed by atoms with Crippen molar-refractivity contribution in [3.05, 3.63) is 29.8 Å². The van der Waals surface area contributed by atoms with Crippen LogP contribution in [-0.4, -0.2) is 25.8 Å². The fourth-order valence-electron chi connectivity index (χ4n) is 2.78. The van der Waals surface area contributed by atoms with Crippen LogP contribution in [0.5, 0.6) is 0 Å². The first-order chi connectivity index (χ1) is 9.60. The molecule has 1 aliphatic heterocycles. The molecule has 3 nitrogen and oxygen atoms in total. The maximum Gasteiger partial charge on any atom is 0.416 e. The Kier molecular flexibility index (Phi) is 4.35. The summed E-state index contributed by atoms with van der Waals surface area (Å²) >= 11 is 0. The number of alkyl halides is 3. The van der Waals surface area contributed by atoms with E-state index in [1.807, 2.05) is 13.8 Å². The smallest absolute Gasteiger partial charge is 0.207 e. The number of halogens is 3. The fourth-order valence-corrected chi connectivity index (χ4v) is 4.51. The van der Waals surface area contributed by atoms with E-state index in [0.717, 1.165) is 18.6 Å². The summed E-state index contributed by atoms with van der Waals surface area (Å²) in [5.74, 6) is 0.406. The minimum atomic E-state index is -4.55. The van der Waals surface area contributed by atoms with Gasteiger partial charge in [0.25, 0.3) is 0 Å². The van der Waals surface area contributed by atoms with Crippen molar-refractivity contribution >= 4 is 10.0 Å². The Balaban J connectivity index is 2.36. The molecule has 0 radical (unpaired) electrons. The van der Waals surface area contributed by atoms with Crippen LogP contribution in [0, 0.1) is 11.8 Å². The molecule has 0 N–H and O–H groups in total. The Morgan fingerprint density at radius 2 is 1.71 bits per heavy atom. The molecule has 1 heterocycles. The van der Waals surface area contributed by atoms with Crippen molar-refractivity contribution in [2.24, 2.45) is 11.8 Å². The third kappa shape index (κ3) is 3.58. The first kappa shape index (κ1) is 16.3. The number of piperidine rings is 1. The molecule has 2 atom stereocenters. The number of nitrogens with zero attached hydrogens (tertiary/aromatic N) is 1. The van der Waals surface area contributed by atoms with Gasteiger partial charge in [-0.2, -0.15) is 17.5 Å². The molecule has 1 aliphatic rings. The Labute approximate surface area is 122 Å². The normalized spacial score (nSPS) is 25.0. The Morgan fingerprint density at radius 1 is 1.14 bits per heavy atom. The van der Waals surface area contributed by atoms with Crippen LogP contribution in [0.3, 0.4) is 0 Å². The first-order valence-corrected chi connectivity index (χ1v) is 8.22. The average molecular weight is 321 g/mol. The molecule has 1 aromatic carbocycles. The molecule has 118 valence electrons. The molecule has 1 aromatic rings. The summed E-state index contributed by atoms with van der Waals surface area (Å²) in [6.07, 6.45) is -3.62. The molecule has 0 aromatic heterocycles. The molecule has 1 fully saturated rings. The van der Waals surface area contributed by atoms with Crippen molar-refractivity contribution in [1.29, 1.82) is 0 Å². The lowest BCUT2D eigenvalue weighted by Crippen LogP contribution is -2.42. The molecular formula is C14H18F3NO2S. The van der Waals surface area contributed by atoms with Gasteiger partial charge >= 0.3 is 6.18 Å². The third-order valence-electron chi connectivity index (χ3n) is 3.63. The highest BCUT2D eigenvalue weighted by molar-refractivity contribution is 7.89. The topological polar surface area (TPSA) is 37.4 Å². The SMILES string of the molecule is C[C@@H]1C[C@@H](C)CN(S(=O)(=O)c2cccc(C(F)(F)F)c2)C1. The van der Waals surface area contributed by atoms with Crippen LogP contribution in [0.2, 0.25) is 0 Å². The number of hydrogen-bond donors (Lipinski definition) is 0. The molecule has 0 unspecified atom stereocenters. The summed E-state index contributed by atoms with van der Waals surface area (Å²) in [4.78, 5) is -0.293. The molecule has 2 rings (SSSR count). The molecule has 0 saturated carbocycles. The van der Waals surface area contributed by atoms with Crippen molar-refractivity contribution in [1.82, 2.24) is 4.31 Å². The number of benzene rings is 1. The van der Waals surface area contributed by atoms with Crippen molar-refractivity contribution in [2.75, 3.05) is 13.1 Å². The third-order valence-corrected chi connectivity index (χ3v) is 5.46. The van der Waals surface area contributed by atoms with Crippen LogP contribution in [0.25, 0.3) is 0 Å². The number of hydrogen-bond acceptors (Lipinski definition) is 2. The molecule has 0 bridgehead atoms. The van der Waals surface area contributed by atoms with Gasteiger partial charge in [-0.1, -0.05) is 19.9 Å². The minimum Gasteiger partial charge on any atom is -0.207 e. The van der Waals surface area contributed by atoms with Gasteiger partial charge in [0.1, 0.15) is 0 Å².